The van der Waals surface area contributed by atoms with Crippen molar-refractivity contribution in [3.8, 4) is 5.75 Å². The van der Waals surface area contributed by atoms with Gasteiger partial charge in [0.1, 0.15) is 17.1 Å². The minimum absolute atomic E-state index is 0.0109. The number of anilines is 6. The van der Waals surface area contributed by atoms with Crippen LogP contribution in [0.4, 0.5) is 52.1 Å². The molecule has 0 radical (unpaired) electrons. The molecule has 10 nitrogen and oxygen atoms in total. The summed E-state index contributed by atoms with van der Waals surface area (Å²) >= 11 is 0. The van der Waals surface area contributed by atoms with E-state index in [9.17, 15) is 27.2 Å². The molecule has 3 aromatic rings. The summed E-state index contributed by atoms with van der Waals surface area (Å²) in [4.78, 5) is 34.8. The first kappa shape index (κ1) is 29.1. The Kier molecular flexibility index (Phi) is 8.90. The summed E-state index contributed by atoms with van der Waals surface area (Å²) in [5.74, 6) is -1.15. The third-order valence-electron chi connectivity index (χ3n) is 6.18. The standard InChI is InChI=1S/C27H27F4N7O3/c1-3-24(40)33-18-5-4-6-19(13-18)34-25-21(27(29,30)31)15-32-26(36-25)35-22-8-7-20(14-23(22)41-16-28)38-11-9-37(10-12-38)17(2)39/h3-8,13-15H,1,9-12,16H2,2H3,(H,33,40)(H2,32,34,35,36). The molecule has 0 bridgehead atoms. The lowest BCUT2D eigenvalue weighted by Crippen LogP contribution is -2.48. The minimum atomic E-state index is -4.77. The van der Waals surface area contributed by atoms with Gasteiger partial charge in [-0.05, 0) is 36.4 Å². The SMILES string of the molecule is C=CC(=O)Nc1cccc(Nc2nc(Nc3ccc(N4CCN(C(C)=O)CC4)cc3OCF)ncc2C(F)(F)F)c1. The number of nitrogens with one attached hydrogen (secondary N) is 3. The van der Waals surface area contributed by atoms with E-state index in [4.69, 9.17) is 4.74 Å². The largest absolute Gasteiger partial charge is 0.461 e. The first-order valence-electron chi connectivity index (χ1n) is 12.4. The number of nitrogens with zero attached hydrogens (tertiary/aromatic N) is 4. The van der Waals surface area contributed by atoms with Crippen LogP contribution in [0.15, 0.2) is 61.3 Å². The van der Waals surface area contributed by atoms with Crippen molar-refractivity contribution in [1.29, 1.82) is 0 Å². The Morgan fingerprint density at radius 3 is 2.46 bits per heavy atom. The number of carbonyl (C=O) groups is 2. The van der Waals surface area contributed by atoms with Crippen LogP contribution >= 0.6 is 0 Å². The molecule has 0 unspecified atom stereocenters. The Balaban J connectivity index is 1.59. The number of halogens is 4. The van der Waals surface area contributed by atoms with Gasteiger partial charge in [0.05, 0.1) is 5.69 Å². The monoisotopic (exact) mass is 573 g/mol. The number of rotatable bonds is 9. The predicted molar refractivity (Wildman–Crippen MR) is 146 cm³/mol. The maximum Gasteiger partial charge on any atom is 0.421 e. The third-order valence-corrected chi connectivity index (χ3v) is 6.18. The Hall–Kier alpha value is -4.88. The first-order chi connectivity index (χ1) is 19.6. The van der Waals surface area contributed by atoms with Crippen molar-refractivity contribution >= 4 is 46.3 Å². The zero-order valence-corrected chi connectivity index (χ0v) is 22.0. The highest BCUT2D eigenvalue weighted by Crippen LogP contribution is 2.37. The molecule has 2 amide bonds. The van der Waals surface area contributed by atoms with Gasteiger partial charge in [-0.1, -0.05) is 12.6 Å². The van der Waals surface area contributed by atoms with Crippen molar-refractivity contribution in [3.05, 3.63) is 66.9 Å². The highest BCUT2D eigenvalue weighted by atomic mass is 19.4. The van der Waals surface area contributed by atoms with E-state index in [0.717, 1.165) is 11.8 Å². The van der Waals surface area contributed by atoms with Crippen LogP contribution in [0, 0.1) is 0 Å². The molecule has 41 heavy (non-hydrogen) atoms. The van der Waals surface area contributed by atoms with E-state index < -0.39 is 30.3 Å². The Morgan fingerprint density at radius 2 is 1.80 bits per heavy atom. The van der Waals surface area contributed by atoms with Crippen molar-refractivity contribution < 1.29 is 31.9 Å². The van der Waals surface area contributed by atoms with Crippen LogP contribution in [0.1, 0.15) is 12.5 Å². The van der Waals surface area contributed by atoms with Gasteiger partial charge in [0.15, 0.2) is 0 Å². The van der Waals surface area contributed by atoms with Crippen molar-refractivity contribution in [1.82, 2.24) is 14.9 Å². The molecule has 2 heterocycles. The van der Waals surface area contributed by atoms with Crippen LogP contribution in [-0.4, -0.2) is 59.7 Å². The van der Waals surface area contributed by atoms with Crippen molar-refractivity contribution in [3.63, 3.8) is 0 Å². The molecule has 1 aliphatic heterocycles. The van der Waals surface area contributed by atoms with Gasteiger partial charge < -0.3 is 30.5 Å². The van der Waals surface area contributed by atoms with Crippen LogP contribution in [0.5, 0.6) is 5.75 Å². The number of alkyl halides is 4. The summed E-state index contributed by atoms with van der Waals surface area (Å²) in [7, 11) is 0. The van der Waals surface area contributed by atoms with Crippen molar-refractivity contribution in [2.24, 2.45) is 0 Å². The smallest absolute Gasteiger partial charge is 0.421 e. The summed E-state index contributed by atoms with van der Waals surface area (Å²) in [6.45, 7) is 5.93. The Labute approximate surface area is 233 Å². The van der Waals surface area contributed by atoms with Crippen LogP contribution < -0.4 is 25.6 Å². The summed E-state index contributed by atoms with van der Waals surface area (Å²) in [6, 6.07) is 10.9. The second-order valence-corrected chi connectivity index (χ2v) is 8.90. The van der Waals surface area contributed by atoms with Crippen LogP contribution in [0.2, 0.25) is 0 Å². The summed E-state index contributed by atoms with van der Waals surface area (Å²) in [6.07, 6.45) is -3.09. The Morgan fingerprint density at radius 1 is 1.07 bits per heavy atom. The van der Waals surface area contributed by atoms with Gasteiger partial charge in [-0.15, -0.1) is 0 Å². The lowest BCUT2D eigenvalue weighted by Gasteiger charge is -2.35. The number of amides is 2. The Bertz CT molecular complexity index is 1430. The highest BCUT2D eigenvalue weighted by molar-refractivity contribution is 5.99. The highest BCUT2D eigenvalue weighted by Gasteiger charge is 2.35. The molecule has 1 aliphatic rings. The van der Waals surface area contributed by atoms with Crippen LogP contribution in [0.3, 0.4) is 0 Å². The molecule has 4 rings (SSSR count). The van der Waals surface area contributed by atoms with E-state index >= 15 is 0 Å². The van der Waals surface area contributed by atoms with Gasteiger partial charge in [-0.25, -0.2) is 9.37 Å². The molecule has 216 valence electrons. The second kappa shape index (κ2) is 12.5. The zero-order valence-electron chi connectivity index (χ0n) is 22.0. The summed E-state index contributed by atoms with van der Waals surface area (Å²) in [5.41, 5.74) is 0.383. The predicted octanol–water partition coefficient (Wildman–Crippen LogP) is 5.08. The molecule has 0 aliphatic carbocycles. The van der Waals surface area contributed by atoms with Gasteiger partial charge in [-0.3, -0.25) is 9.59 Å². The van der Waals surface area contributed by atoms with E-state index in [2.05, 4.69) is 32.5 Å². The van der Waals surface area contributed by atoms with Crippen LogP contribution in [0.25, 0.3) is 0 Å². The topological polar surface area (TPSA) is 112 Å². The number of ether oxygens (including phenoxy) is 1. The lowest BCUT2D eigenvalue weighted by atomic mass is 10.2. The minimum Gasteiger partial charge on any atom is -0.461 e. The number of hydrogen-bond acceptors (Lipinski definition) is 8. The molecular weight excluding hydrogens is 546 g/mol. The molecule has 0 spiro atoms. The van der Waals surface area contributed by atoms with Gasteiger partial charge in [0.2, 0.25) is 24.6 Å². The van der Waals surface area contributed by atoms with E-state index in [1.54, 1.807) is 29.2 Å². The zero-order chi connectivity index (χ0) is 29.6. The van der Waals surface area contributed by atoms with Gasteiger partial charge in [-0.2, -0.15) is 18.2 Å². The third kappa shape index (κ3) is 7.41. The lowest BCUT2D eigenvalue weighted by molar-refractivity contribution is -0.137. The number of benzene rings is 2. The fourth-order valence-corrected chi connectivity index (χ4v) is 4.14. The van der Waals surface area contributed by atoms with Crippen molar-refractivity contribution in [2.45, 2.75) is 13.1 Å². The number of hydrogen-bond donors (Lipinski definition) is 3. The number of carbonyl (C=O) groups excluding carboxylic acids is 2. The molecular formula is C27H27F4N7O3. The van der Waals surface area contributed by atoms with E-state index in [1.807, 2.05) is 4.90 Å². The van der Waals surface area contributed by atoms with Crippen molar-refractivity contribution in [2.75, 3.05) is 53.9 Å². The number of aromatic nitrogens is 2. The molecule has 1 fully saturated rings. The summed E-state index contributed by atoms with van der Waals surface area (Å²) in [5, 5.41) is 7.96. The fraction of sp³-hybridized carbons (Fsp3) is 0.259. The summed E-state index contributed by atoms with van der Waals surface area (Å²) < 4.78 is 59.7. The second-order valence-electron chi connectivity index (χ2n) is 8.90. The van der Waals surface area contributed by atoms with Gasteiger partial charge in [0, 0.05) is 62.4 Å². The quantitative estimate of drug-likeness (QED) is 0.240. The van der Waals surface area contributed by atoms with Crippen LogP contribution in [-0.2, 0) is 15.8 Å². The molecule has 0 saturated carbocycles. The molecule has 14 heteroatoms. The van der Waals surface area contributed by atoms with Gasteiger partial charge >= 0.3 is 6.18 Å². The molecule has 0 atom stereocenters. The first-order valence-corrected chi connectivity index (χ1v) is 12.4. The molecule has 3 N–H and O–H groups in total. The molecule has 2 aromatic carbocycles. The van der Waals surface area contributed by atoms with E-state index in [-0.39, 0.29) is 29.0 Å². The maximum atomic E-state index is 13.8. The average molecular weight is 574 g/mol. The average Bonchev–Trinajstić information content (AvgIpc) is 2.94. The fourth-order valence-electron chi connectivity index (χ4n) is 4.14. The van der Waals surface area contributed by atoms with E-state index in [0.29, 0.717) is 38.1 Å². The normalized spacial score (nSPS) is 13.4. The number of piperazine rings is 1. The van der Waals surface area contributed by atoms with E-state index in [1.165, 1.54) is 25.1 Å². The molecule has 1 saturated heterocycles. The molecule has 1 aromatic heterocycles. The van der Waals surface area contributed by atoms with Gasteiger partial charge in [0.25, 0.3) is 0 Å². The maximum absolute atomic E-state index is 13.8.